The zero-order chi connectivity index (χ0) is 17.3. The number of rotatable bonds is 10. The van der Waals surface area contributed by atoms with Crippen LogP contribution in [0.15, 0.2) is 0 Å². The van der Waals surface area contributed by atoms with Gasteiger partial charge in [0.1, 0.15) is 26.2 Å². The number of nitrogens with zero attached hydrogens (tertiary/aromatic N) is 1. The SMILES string of the molecule is CCC(C)C(=O)NCC[N+]1(CCOS(=O)(=O)OC)CCOCC1. The number of carbonyl (C=O) groups excluding carboxylic acids is 1. The molecule has 0 aromatic heterocycles. The lowest BCUT2D eigenvalue weighted by atomic mass is 10.1. The maximum Gasteiger partial charge on any atom is 0.399 e. The van der Waals surface area contributed by atoms with Crippen LogP contribution in [-0.4, -0.2) is 78.5 Å². The second-order valence-electron chi connectivity index (χ2n) is 5.85. The lowest BCUT2D eigenvalue weighted by Gasteiger charge is -2.41. The average Bonchev–Trinajstić information content (AvgIpc) is 2.54. The summed E-state index contributed by atoms with van der Waals surface area (Å²) < 4.78 is 37.6. The molecule has 0 saturated carbocycles. The minimum absolute atomic E-state index is 0.00307. The first kappa shape index (κ1) is 20.3. The van der Waals surface area contributed by atoms with Gasteiger partial charge in [0.2, 0.25) is 5.91 Å². The largest absolute Gasteiger partial charge is 0.399 e. The van der Waals surface area contributed by atoms with Crippen LogP contribution in [0.25, 0.3) is 0 Å². The Hall–Kier alpha value is -0.740. The van der Waals surface area contributed by atoms with Gasteiger partial charge in [-0.25, -0.2) is 4.18 Å². The molecule has 0 radical (unpaired) electrons. The molecule has 1 rings (SSSR count). The van der Waals surface area contributed by atoms with Crippen LogP contribution in [0.5, 0.6) is 0 Å². The summed E-state index contributed by atoms with van der Waals surface area (Å²) in [6.45, 7) is 8.53. The van der Waals surface area contributed by atoms with Crippen LogP contribution in [-0.2, 0) is 28.3 Å². The molecule has 9 heteroatoms. The Morgan fingerprint density at radius 3 is 2.52 bits per heavy atom. The third kappa shape index (κ3) is 7.13. The summed E-state index contributed by atoms with van der Waals surface area (Å²) in [5.41, 5.74) is 0. The van der Waals surface area contributed by atoms with Gasteiger partial charge in [-0.05, 0) is 6.42 Å². The molecule has 0 aromatic carbocycles. The third-order valence-electron chi connectivity index (χ3n) is 4.36. The van der Waals surface area contributed by atoms with E-state index < -0.39 is 10.4 Å². The van der Waals surface area contributed by atoms with Gasteiger partial charge >= 0.3 is 10.4 Å². The smallest absolute Gasteiger partial charge is 0.370 e. The molecule has 23 heavy (non-hydrogen) atoms. The fraction of sp³-hybridized carbons (Fsp3) is 0.929. The van der Waals surface area contributed by atoms with Crippen LogP contribution in [0, 0.1) is 5.92 Å². The molecule has 0 aromatic rings. The van der Waals surface area contributed by atoms with Crippen molar-refractivity contribution >= 4 is 16.3 Å². The topological polar surface area (TPSA) is 90.9 Å². The van der Waals surface area contributed by atoms with Gasteiger partial charge < -0.3 is 14.5 Å². The Kier molecular flexibility index (Phi) is 8.41. The number of quaternary nitrogens is 1. The van der Waals surface area contributed by atoms with E-state index in [-0.39, 0.29) is 18.4 Å². The molecule has 1 saturated heterocycles. The molecule has 1 unspecified atom stereocenters. The van der Waals surface area contributed by atoms with Crippen LogP contribution >= 0.6 is 0 Å². The standard InChI is InChI=1S/C14H28N2O6S/c1-4-13(2)14(17)15-5-6-16(7-10-21-11-8-16)9-12-22-23(18,19)20-3/h13H,4-12H2,1-3H3/p+1. The number of carbonyl (C=O) groups is 1. The summed E-state index contributed by atoms with van der Waals surface area (Å²) in [5.74, 6) is 0.0560. The van der Waals surface area contributed by atoms with E-state index in [0.717, 1.165) is 33.2 Å². The Bertz CT molecular complexity index is 462. The number of morpholine rings is 1. The van der Waals surface area contributed by atoms with E-state index in [1.807, 2.05) is 13.8 Å². The predicted molar refractivity (Wildman–Crippen MR) is 84.9 cm³/mol. The lowest BCUT2D eigenvalue weighted by Crippen LogP contribution is -2.59. The van der Waals surface area contributed by atoms with Crippen molar-refractivity contribution in [3.05, 3.63) is 0 Å². The van der Waals surface area contributed by atoms with E-state index in [9.17, 15) is 13.2 Å². The van der Waals surface area contributed by atoms with Gasteiger partial charge in [0, 0.05) is 5.92 Å². The summed E-state index contributed by atoms with van der Waals surface area (Å²) in [4.78, 5) is 11.8. The van der Waals surface area contributed by atoms with Crippen LogP contribution in [0.3, 0.4) is 0 Å². The average molecular weight is 353 g/mol. The Morgan fingerprint density at radius 2 is 1.96 bits per heavy atom. The first-order valence-corrected chi connectivity index (χ1v) is 9.33. The molecule has 1 aliphatic rings. The minimum atomic E-state index is -3.91. The molecular weight excluding hydrogens is 324 g/mol. The van der Waals surface area contributed by atoms with E-state index in [0.29, 0.717) is 30.8 Å². The highest BCUT2D eigenvalue weighted by Gasteiger charge is 2.31. The molecule has 8 nitrogen and oxygen atoms in total. The Balaban J connectivity index is 2.49. The van der Waals surface area contributed by atoms with Crippen molar-refractivity contribution in [1.82, 2.24) is 5.32 Å². The molecule has 1 atom stereocenters. The summed E-state index contributed by atoms with van der Waals surface area (Å²) >= 11 is 0. The molecule has 1 fully saturated rings. The minimum Gasteiger partial charge on any atom is -0.370 e. The molecule has 1 N–H and O–H groups in total. The summed E-state index contributed by atoms with van der Waals surface area (Å²) in [6.07, 6.45) is 0.808. The second-order valence-corrected chi connectivity index (χ2v) is 7.23. The van der Waals surface area contributed by atoms with Gasteiger partial charge in [0.15, 0.2) is 0 Å². The molecule has 0 bridgehead atoms. The summed E-state index contributed by atoms with van der Waals surface area (Å²) in [6, 6.07) is 0. The van der Waals surface area contributed by atoms with Gasteiger partial charge in [-0.15, -0.1) is 0 Å². The number of ether oxygens (including phenoxy) is 1. The zero-order valence-corrected chi connectivity index (χ0v) is 15.1. The fourth-order valence-corrected chi connectivity index (χ4v) is 2.82. The van der Waals surface area contributed by atoms with Crippen LogP contribution in [0.1, 0.15) is 20.3 Å². The summed E-state index contributed by atoms with van der Waals surface area (Å²) in [7, 11) is -2.84. The van der Waals surface area contributed by atoms with Crippen molar-refractivity contribution in [3.63, 3.8) is 0 Å². The Morgan fingerprint density at radius 1 is 1.30 bits per heavy atom. The maximum absolute atomic E-state index is 11.8. The normalized spacial score (nSPS) is 19.3. The van der Waals surface area contributed by atoms with Crippen molar-refractivity contribution < 1.29 is 30.8 Å². The highest BCUT2D eigenvalue weighted by molar-refractivity contribution is 7.81. The van der Waals surface area contributed by atoms with Gasteiger partial charge in [-0.1, -0.05) is 13.8 Å². The number of nitrogens with one attached hydrogen (secondary N) is 1. The van der Waals surface area contributed by atoms with Crippen LogP contribution in [0.2, 0.25) is 0 Å². The summed E-state index contributed by atoms with van der Waals surface area (Å²) in [5, 5.41) is 2.94. The highest BCUT2D eigenvalue weighted by Crippen LogP contribution is 2.11. The van der Waals surface area contributed by atoms with E-state index >= 15 is 0 Å². The monoisotopic (exact) mass is 353 g/mol. The van der Waals surface area contributed by atoms with Gasteiger partial charge in [-0.3, -0.25) is 8.98 Å². The van der Waals surface area contributed by atoms with Crippen molar-refractivity contribution in [2.24, 2.45) is 5.92 Å². The maximum atomic E-state index is 11.8. The van der Waals surface area contributed by atoms with E-state index in [1.165, 1.54) is 0 Å². The van der Waals surface area contributed by atoms with Crippen LogP contribution < -0.4 is 5.32 Å². The highest BCUT2D eigenvalue weighted by atomic mass is 32.3. The van der Waals surface area contributed by atoms with Crippen molar-refractivity contribution in [3.8, 4) is 0 Å². The third-order valence-corrected chi connectivity index (χ3v) is 5.23. The molecule has 1 heterocycles. The Labute approximate surface area is 139 Å². The molecule has 1 amide bonds. The molecular formula is C14H29N2O6S+. The van der Waals surface area contributed by atoms with E-state index in [4.69, 9.17) is 8.92 Å². The van der Waals surface area contributed by atoms with Crippen molar-refractivity contribution in [2.45, 2.75) is 20.3 Å². The number of amides is 1. The first-order chi connectivity index (χ1) is 10.8. The van der Waals surface area contributed by atoms with Gasteiger partial charge in [0.05, 0.1) is 33.4 Å². The van der Waals surface area contributed by atoms with Gasteiger partial charge in [0.25, 0.3) is 0 Å². The van der Waals surface area contributed by atoms with E-state index in [2.05, 4.69) is 9.50 Å². The van der Waals surface area contributed by atoms with E-state index in [1.54, 1.807) is 0 Å². The van der Waals surface area contributed by atoms with Crippen LogP contribution in [0.4, 0.5) is 0 Å². The molecule has 0 spiro atoms. The molecule has 136 valence electrons. The van der Waals surface area contributed by atoms with Crippen molar-refractivity contribution in [2.75, 3.05) is 59.7 Å². The second kappa shape index (κ2) is 9.53. The first-order valence-electron chi connectivity index (χ1n) is 7.99. The molecule has 1 aliphatic heterocycles. The quantitative estimate of drug-likeness (QED) is 0.552. The predicted octanol–water partition coefficient (Wildman–Crippen LogP) is -0.0965. The number of hydrogen-bond donors (Lipinski definition) is 1. The zero-order valence-electron chi connectivity index (χ0n) is 14.2. The number of hydrogen-bond acceptors (Lipinski definition) is 6. The molecule has 0 aliphatic carbocycles. The lowest BCUT2D eigenvalue weighted by molar-refractivity contribution is -0.934. The van der Waals surface area contributed by atoms with Gasteiger partial charge in [-0.2, -0.15) is 8.42 Å². The fourth-order valence-electron chi connectivity index (χ4n) is 2.45. The van der Waals surface area contributed by atoms with Crippen molar-refractivity contribution in [1.29, 1.82) is 0 Å².